The van der Waals surface area contributed by atoms with Crippen LogP contribution in [0.15, 0.2) is 42.0 Å². The Hall–Kier alpha value is -1.08. The molecule has 0 saturated carbocycles. The van der Waals surface area contributed by atoms with E-state index in [1.807, 2.05) is 0 Å². The Morgan fingerprint density at radius 2 is 1.78 bits per heavy atom. The lowest BCUT2D eigenvalue weighted by Crippen LogP contribution is -2.39. The summed E-state index contributed by atoms with van der Waals surface area (Å²) >= 11 is 0. The molecule has 1 aromatic carbocycles. The number of allylic oxidation sites excluding steroid dienone is 1. The quantitative estimate of drug-likeness (QED) is 0.719. The lowest BCUT2D eigenvalue weighted by Gasteiger charge is -2.36. The number of piperidine rings is 1. The third-order valence-electron chi connectivity index (χ3n) is 4.47. The second-order valence-corrected chi connectivity index (χ2v) is 5.72. The number of hydrogen-bond donors (Lipinski definition) is 0. The fourth-order valence-electron chi connectivity index (χ4n) is 3.65. The molecule has 0 spiro atoms. The van der Waals surface area contributed by atoms with Gasteiger partial charge in [0.2, 0.25) is 0 Å². The molecule has 0 amide bonds. The maximum atomic E-state index is 2.75. The lowest BCUT2D eigenvalue weighted by molar-refractivity contribution is 0.157. The second kappa shape index (κ2) is 5.27. The van der Waals surface area contributed by atoms with Crippen LogP contribution in [0.5, 0.6) is 0 Å². The molecule has 2 unspecified atom stereocenters. The van der Waals surface area contributed by atoms with E-state index in [-0.39, 0.29) is 0 Å². The van der Waals surface area contributed by atoms with E-state index in [1.165, 1.54) is 37.7 Å². The molecule has 1 nitrogen and oxygen atoms in total. The standard InChI is InChI=1S/C17H23N/c1-2-6-15-11-16-9-10-17(12-15)18(16)13-14-7-4-3-5-8-14/h3-8,16-17H,2,9-13H2,1H3. The van der Waals surface area contributed by atoms with Gasteiger partial charge in [0.25, 0.3) is 0 Å². The fraction of sp³-hybridized carbons (Fsp3) is 0.529. The zero-order valence-corrected chi connectivity index (χ0v) is 11.3. The Kier molecular flexibility index (Phi) is 3.51. The van der Waals surface area contributed by atoms with Gasteiger partial charge in [0.15, 0.2) is 0 Å². The molecule has 2 fully saturated rings. The maximum absolute atomic E-state index is 2.75. The van der Waals surface area contributed by atoms with E-state index in [9.17, 15) is 0 Å². The molecule has 18 heavy (non-hydrogen) atoms. The zero-order valence-electron chi connectivity index (χ0n) is 11.3. The van der Waals surface area contributed by atoms with Crippen molar-refractivity contribution in [3.05, 3.63) is 47.5 Å². The van der Waals surface area contributed by atoms with Crippen LogP contribution < -0.4 is 0 Å². The number of nitrogens with zero attached hydrogens (tertiary/aromatic N) is 1. The topological polar surface area (TPSA) is 3.24 Å². The molecule has 1 heteroatoms. The normalized spacial score (nSPS) is 27.5. The largest absolute Gasteiger partial charge is 0.293 e. The van der Waals surface area contributed by atoms with Crippen molar-refractivity contribution in [2.75, 3.05) is 0 Å². The molecule has 0 aliphatic carbocycles. The predicted molar refractivity (Wildman–Crippen MR) is 76.4 cm³/mol. The summed E-state index contributed by atoms with van der Waals surface area (Å²) in [4.78, 5) is 2.75. The minimum atomic E-state index is 0.807. The van der Waals surface area contributed by atoms with Crippen LogP contribution in [0.1, 0.15) is 44.6 Å². The van der Waals surface area contributed by atoms with Gasteiger partial charge in [0.1, 0.15) is 0 Å². The number of rotatable bonds is 3. The average Bonchev–Trinajstić information content (AvgIpc) is 2.63. The van der Waals surface area contributed by atoms with Gasteiger partial charge in [-0.3, -0.25) is 4.90 Å². The summed E-state index contributed by atoms with van der Waals surface area (Å²) in [5.74, 6) is 0. The Morgan fingerprint density at radius 1 is 1.11 bits per heavy atom. The van der Waals surface area contributed by atoms with E-state index >= 15 is 0 Å². The minimum absolute atomic E-state index is 0.807. The van der Waals surface area contributed by atoms with Crippen LogP contribution in [0.4, 0.5) is 0 Å². The summed E-state index contributed by atoms with van der Waals surface area (Å²) in [7, 11) is 0. The van der Waals surface area contributed by atoms with E-state index in [1.54, 1.807) is 5.57 Å². The van der Waals surface area contributed by atoms with Gasteiger partial charge in [-0.15, -0.1) is 0 Å². The summed E-state index contributed by atoms with van der Waals surface area (Å²) in [6.07, 6.45) is 9.10. The highest BCUT2D eigenvalue weighted by Crippen LogP contribution is 2.39. The number of benzene rings is 1. The first-order valence-corrected chi connectivity index (χ1v) is 7.34. The molecule has 0 aromatic heterocycles. The summed E-state index contributed by atoms with van der Waals surface area (Å²) in [6.45, 7) is 3.40. The van der Waals surface area contributed by atoms with Gasteiger partial charge in [-0.1, -0.05) is 48.9 Å². The highest BCUT2D eigenvalue weighted by Gasteiger charge is 2.37. The van der Waals surface area contributed by atoms with Gasteiger partial charge in [-0.05, 0) is 37.7 Å². The highest BCUT2D eigenvalue weighted by molar-refractivity contribution is 5.18. The Morgan fingerprint density at radius 3 is 2.39 bits per heavy atom. The minimum Gasteiger partial charge on any atom is -0.293 e. The third-order valence-corrected chi connectivity index (χ3v) is 4.47. The SMILES string of the molecule is CCC=C1CC2CCC(C1)N2Cc1ccccc1. The van der Waals surface area contributed by atoms with Crippen LogP contribution in [-0.2, 0) is 6.54 Å². The van der Waals surface area contributed by atoms with Crippen LogP contribution in [0.3, 0.4) is 0 Å². The molecule has 2 atom stereocenters. The Labute approximate surface area is 111 Å². The zero-order chi connectivity index (χ0) is 12.4. The smallest absolute Gasteiger partial charge is 0.0239 e. The van der Waals surface area contributed by atoms with Crippen molar-refractivity contribution >= 4 is 0 Å². The van der Waals surface area contributed by atoms with E-state index in [2.05, 4.69) is 48.2 Å². The molecule has 3 rings (SSSR count). The first-order valence-electron chi connectivity index (χ1n) is 7.34. The molecule has 96 valence electrons. The van der Waals surface area contributed by atoms with Crippen molar-refractivity contribution in [1.82, 2.24) is 4.90 Å². The summed E-state index contributed by atoms with van der Waals surface area (Å²) in [5.41, 5.74) is 3.19. The van der Waals surface area contributed by atoms with Crippen LogP contribution in [-0.4, -0.2) is 17.0 Å². The molecule has 0 N–H and O–H groups in total. The van der Waals surface area contributed by atoms with E-state index in [0.29, 0.717) is 0 Å². The van der Waals surface area contributed by atoms with Gasteiger partial charge in [-0.25, -0.2) is 0 Å². The van der Waals surface area contributed by atoms with Gasteiger partial charge in [0.05, 0.1) is 0 Å². The second-order valence-electron chi connectivity index (χ2n) is 5.72. The van der Waals surface area contributed by atoms with Gasteiger partial charge >= 0.3 is 0 Å². The van der Waals surface area contributed by atoms with Crippen LogP contribution in [0, 0.1) is 0 Å². The maximum Gasteiger partial charge on any atom is 0.0239 e. The Balaban J connectivity index is 1.71. The van der Waals surface area contributed by atoms with E-state index in [0.717, 1.165) is 18.6 Å². The van der Waals surface area contributed by atoms with Crippen molar-refractivity contribution in [1.29, 1.82) is 0 Å². The van der Waals surface area contributed by atoms with Gasteiger partial charge in [0, 0.05) is 18.6 Å². The van der Waals surface area contributed by atoms with E-state index < -0.39 is 0 Å². The Bertz CT molecular complexity index is 404. The fourth-order valence-corrected chi connectivity index (χ4v) is 3.65. The van der Waals surface area contributed by atoms with E-state index in [4.69, 9.17) is 0 Å². The number of hydrogen-bond acceptors (Lipinski definition) is 1. The monoisotopic (exact) mass is 241 g/mol. The lowest BCUT2D eigenvalue weighted by atomic mass is 9.95. The molecule has 2 saturated heterocycles. The summed E-state index contributed by atoms with van der Waals surface area (Å²) in [5, 5.41) is 0. The van der Waals surface area contributed by atoms with Crippen molar-refractivity contribution in [2.45, 2.75) is 57.7 Å². The van der Waals surface area contributed by atoms with Crippen LogP contribution in [0.25, 0.3) is 0 Å². The van der Waals surface area contributed by atoms with Crippen LogP contribution in [0.2, 0.25) is 0 Å². The third kappa shape index (κ3) is 2.37. The average molecular weight is 241 g/mol. The van der Waals surface area contributed by atoms with Crippen molar-refractivity contribution < 1.29 is 0 Å². The number of fused-ring (bicyclic) bond motifs is 2. The van der Waals surface area contributed by atoms with Crippen molar-refractivity contribution in [3.63, 3.8) is 0 Å². The predicted octanol–water partition coefficient (Wildman–Crippen LogP) is 4.15. The molecule has 1 aromatic rings. The molecular formula is C17H23N. The first kappa shape index (κ1) is 12.0. The molecule has 2 bridgehead atoms. The van der Waals surface area contributed by atoms with Gasteiger partial charge in [-0.2, -0.15) is 0 Å². The molecule has 2 aliphatic rings. The summed E-state index contributed by atoms with van der Waals surface area (Å²) in [6, 6.07) is 12.6. The highest BCUT2D eigenvalue weighted by atomic mass is 15.2. The molecule has 2 heterocycles. The molecular weight excluding hydrogens is 218 g/mol. The van der Waals surface area contributed by atoms with Crippen LogP contribution >= 0.6 is 0 Å². The first-order chi connectivity index (χ1) is 8.86. The van der Waals surface area contributed by atoms with Crippen molar-refractivity contribution in [3.8, 4) is 0 Å². The van der Waals surface area contributed by atoms with Crippen molar-refractivity contribution in [2.24, 2.45) is 0 Å². The molecule has 2 aliphatic heterocycles. The van der Waals surface area contributed by atoms with Gasteiger partial charge < -0.3 is 0 Å². The molecule has 0 radical (unpaired) electrons. The summed E-state index contributed by atoms with van der Waals surface area (Å²) < 4.78 is 0.